The first-order valence-electron chi connectivity index (χ1n) is 5.14. The lowest BCUT2D eigenvalue weighted by molar-refractivity contribution is -0.0106. The molecule has 2 aliphatic heterocycles. The molecule has 0 amide bonds. The second-order valence-electron chi connectivity index (χ2n) is 4.76. The zero-order valence-electron chi connectivity index (χ0n) is 8.92. The summed E-state index contributed by atoms with van der Waals surface area (Å²) in [5.74, 6) is 0. The maximum atomic E-state index is 2.49. The molecular weight excluding hydrogens is 180 g/mol. The molecule has 1 spiro atoms. The molecule has 0 radical (unpaired) electrons. The fourth-order valence-corrected chi connectivity index (χ4v) is 3.44. The number of nitrogens with zero attached hydrogens (tertiary/aromatic N) is 2. The molecule has 76 valence electrons. The zero-order valence-corrected chi connectivity index (χ0v) is 9.73. The van der Waals surface area contributed by atoms with E-state index in [1.54, 1.807) is 0 Å². The van der Waals surface area contributed by atoms with Crippen molar-refractivity contribution in [2.75, 3.05) is 32.9 Å². The molecule has 3 heteroatoms. The van der Waals surface area contributed by atoms with Gasteiger partial charge < -0.3 is 4.90 Å². The number of likely N-dealkylation sites (tertiary alicyclic amines) is 1. The van der Waals surface area contributed by atoms with Crippen molar-refractivity contribution in [1.29, 1.82) is 0 Å². The molecule has 0 aromatic carbocycles. The summed E-state index contributed by atoms with van der Waals surface area (Å²) in [4.78, 5) is 2.49. The van der Waals surface area contributed by atoms with E-state index in [1.165, 1.54) is 32.5 Å². The Balaban J connectivity index is 1.89. The van der Waals surface area contributed by atoms with E-state index >= 15 is 0 Å². The van der Waals surface area contributed by atoms with Gasteiger partial charge in [0.25, 0.3) is 0 Å². The molecule has 2 aliphatic rings. The number of piperidine rings is 1. The third kappa shape index (κ3) is 1.74. The van der Waals surface area contributed by atoms with Gasteiger partial charge in [-0.1, -0.05) is 11.9 Å². The summed E-state index contributed by atoms with van der Waals surface area (Å²) < 4.78 is 2.48. The van der Waals surface area contributed by atoms with Crippen LogP contribution in [-0.2, 0) is 0 Å². The molecule has 2 rings (SSSR count). The van der Waals surface area contributed by atoms with Crippen molar-refractivity contribution >= 4 is 11.9 Å². The van der Waals surface area contributed by atoms with Gasteiger partial charge in [0.15, 0.2) is 0 Å². The molecule has 0 aromatic rings. The first-order valence-corrected chi connectivity index (χ1v) is 6.33. The van der Waals surface area contributed by atoms with Crippen molar-refractivity contribution in [2.45, 2.75) is 25.8 Å². The highest BCUT2D eigenvalue weighted by atomic mass is 32.2. The molecule has 0 aromatic heterocycles. The molecule has 0 saturated carbocycles. The number of hydrogen-bond donors (Lipinski definition) is 0. The van der Waals surface area contributed by atoms with Gasteiger partial charge in [0, 0.05) is 24.5 Å². The molecule has 2 nitrogen and oxygen atoms in total. The van der Waals surface area contributed by atoms with Crippen molar-refractivity contribution in [3.63, 3.8) is 0 Å². The van der Waals surface area contributed by atoms with Gasteiger partial charge in [-0.3, -0.25) is 0 Å². The summed E-state index contributed by atoms with van der Waals surface area (Å²) >= 11 is 1.90. The fraction of sp³-hybridized carbons (Fsp3) is 1.00. The molecule has 13 heavy (non-hydrogen) atoms. The average molecular weight is 200 g/mol. The standard InChI is InChI=1S/C10H20N2S/c1-9-6-10(4-5-11(9)2)7-12(8-10)13-3/h9H,4-8H2,1-3H3. The highest BCUT2D eigenvalue weighted by Crippen LogP contribution is 2.44. The first kappa shape index (κ1) is 9.81. The van der Waals surface area contributed by atoms with Crippen molar-refractivity contribution < 1.29 is 0 Å². The molecular formula is C10H20N2S. The minimum absolute atomic E-state index is 0.689. The molecule has 1 unspecified atom stereocenters. The van der Waals surface area contributed by atoms with Crippen molar-refractivity contribution in [2.24, 2.45) is 5.41 Å². The van der Waals surface area contributed by atoms with Gasteiger partial charge in [-0.2, -0.15) is 0 Å². The van der Waals surface area contributed by atoms with Crippen LogP contribution in [0.1, 0.15) is 19.8 Å². The second-order valence-corrected chi connectivity index (χ2v) is 5.65. The van der Waals surface area contributed by atoms with Gasteiger partial charge >= 0.3 is 0 Å². The monoisotopic (exact) mass is 200 g/mol. The first-order chi connectivity index (χ1) is 6.15. The largest absolute Gasteiger partial charge is 0.304 e. The van der Waals surface area contributed by atoms with Crippen LogP contribution in [0.25, 0.3) is 0 Å². The zero-order chi connectivity index (χ0) is 9.47. The van der Waals surface area contributed by atoms with Crippen LogP contribution in [0.3, 0.4) is 0 Å². The predicted molar refractivity (Wildman–Crippen MR) is 58.8 cm³/mol. The van der Waals surface area contributed by atoms with E-state index < -0.39 is 0 Å². The predicted octanol–water partition coefficient (Wildman–Crippen LogP) is 1.68. The summed E-state index contributed by atoms with van der Waals surface area (Å²) in [6.45, 7) is 6.31. The Kier molecular flexibility index (Phi) is 2.60. The SMILES string of the molecule is CSN1CC2(CCN(C)C(C)C2)C1. The minimum Gasteiger partial charge on any atom is -0.304 e. The maximum Gasteiger partial charge on any atom is 0.0160 e. The van der Waals surface area contributed by atoms with Crippen LogP contribution >= 0.6 is 11.9 Å². The van der Waals surface area contributed by atoms with Crippen LogP contribution in [0.2, 0.25) is 0 Å². The topological polar surface area (TPSA) is 6.48 Å². The summed E-state index contributed by atoms with van der Waals surface area (Å²) in [6.07, 6.45) is 5.00. The van der Waals surface area contributed by atoms with Crippen LogP contribution in [0, 0.1) is 5.41 Å². The van der Waals surface area contributed by atoms with E-state index in [-0.39, 0.29) is 0 Å². The van der Waals surface area contributed by atoms with Crippen LogP contribution in [0.5, 0.6) is 0 Å². The van der Waals surface area contributed by atoms with E-state index in [0.717, 1.165) is 6.04 Å². The van der Waals surface area contributed by atoms with Gasteiger partial charge in [0.1, 0.15) is 0 Å². The summed E-state index contributed by atoms with van der Waals surface area (Å²) in [7, 11) is 2.25. The summed E-state index contributed by atoms with van der Waals surface area (Å²) in [5.41, 5.74) is 0.689. The van der Waals surface area contributed by atoms with E-state index in [1.807, 2.05) is 11.9 Å². The second kappa shape index (κ2) is 3.44. The Morgan fingerprint density at radius 3 is 2.62 bits per heavy atom. The van der Waals surface area contributed by atoms with Crippen LogP contribution in [0.15, 0.2) is 0 Å². The highest BCUT2D eigenvalue weighted by Gasteiger charge is 2.45. The van der Waals surface area contributed by atoms with E-state index in [4.69, 9.17) is 0 Å². The third-order valence-electron chi connectivity index (χ3n) is 3.76. The van der Waals surface area contributed by atoms with E-state index in [2.05, 4.69) is 29.4 Å². The summed E-state index contributed by atoms with van der Waals surface area (Å²) in [5, 5.41) is 0. The Bertz CT molecular complexity index is 184. The van der Waals surface area contributed by atoms with E-state index in [0.29, 0.717) is 5.41 Å². The lowest BCUT2D eigenvalue weighted by Gasteiger charge is -2.54. The van der Waals surface area contributed by atoms with Crippen molar-refractivity contribution in [1.82, 2.24) is 9.21 Å². The van der Waals surface area contributed by atoms with Crippen molar-refractivity contribution in [3.8, 4) is 0 Å². The van der Waals surface area contributed by atoms with Crippen LogP contribution in [0.4, 0.5) is 0 Å². The Morgan fingerprint density at radius 1 is 1.38 bits per heavy atom. The molecule has 2 heterocycles. The molecule has 0 bridgehead atoms. The van der Waals surface area contributed by atoms with Gasteiger partial charge in [-0.25, -0.2) is 4.31 Å². The highest BCUT2D eigenvalue weighted by molar-refractivity contribution is 7.96. The maximum absolute atomic E-state index is 2.49. The third-order valence-corrected chi connectivity index (χ3v) is 4.53. The van der Waals surface area contributed by atoms with E-state index in [9.17, 15) is 0 Å². The molecule has 2 saturated heterocycles. The molecule has 0 aliphatic carbocycles. The average Bonchev–Trinajstić information content (AvgIpc) is 2.06. The lowest BCUT2D eigenvalue weighted by Crippen LogP contribution is -2.59. The molecule has 0 N–H and O–H groups in total. The molecule has 2 fully saturated rings. The van der Waals surface area contributed by atoms with Gasteiger partial charge in [0.05, 0.1) is 0 Å². The Hall–Kier alpha value is 0.270. The van der Waals surface area contributed by atoms with Gasteiger partial charge in [0.2, 0.25) is 0 Å². The summed E-state index contributed by atoms with van der Waals surface area (Å²) in [6, 6.07) is 0.790. The number of rotatable bonds is 1. The fourth-order valence-electron chi connectivity index (χ4n) is 2.64. The minimum atomic E-state index is 0.689. The Morgan fingerprint density at radius 2 is 2.08 bits per heavy atom. The lowest BCUT2D eigenvalue weighted by atomic mass is 9.71. The van der Waals surface area contributed by atoms with Gasteiger partial charge in [-0.15, -0.1) is 0 Å². The van der Waals surface area contributed by atoms with Crippen molar-refractivity contribution in [3.05, 3.63) is 0 Å². The van der Waals surface area contributed by atoms with Crippen LogP contribution < -0.4 is 0 Å². The van der Waals surface area contributed by atoms with Crippen LogP contribution in [-0.4, -0.2) is 48.2 Å². The quantitative estimate of drug-likeness (QED) is 0.595. The smallest absolute Gasteiger partial charge is 0.0160 e. The molecule has 1 atom stereocenters. The number of hydrogen-bond acceptors (Lipinski definition) is 3. The van der Waals surface area contributed by atoms with Gasteiger partial charge in [-0.05, 0) is 39.6 Å². The Labute approximate surface area is 85.8 Å². The normalized spacial score (nSPS) is 34.8.